The number of hydrogen-bond acceptors (Lipinski definition) is 1. The normalized spacial score (nSPS) is 10.7. The minimum atomic E-state index is 0.653. The molecular formula is C8H7ClN2. The fourth-order valence-corrected chi connectivity index (χ4v) is 1.24. The van der Waals surface area contributed by atoms with Crippen molar-refractivity contribution in [3.63, 3.8) is 0 Å². The van der Waals surface area contributed by atoms with Crippen molar-refractivity contribution < 1.29 is 0 Å². The number of aryl methyl sites for hydroxylation is 1. The highest BCUT2D eigenvalue weighted by Gasteiger charge is 1.97. The van der Waals surface area contributed by atoms with Crippen molar-refractivity contribution in [1.82, 2.24) is 9.38 Å². The van der Waals surface area contributed by atoms with E-state index in [0.717, 1.165) is 5.65 Å². The summed E-state index contributed by atoms with van der Waals surface area (Å²) in [5.74, 6) is 0. The summed E-state index contributed by atoms with van der Waals surface area (Å²) in [5, 5.41) is 0.653. The standard InChI is InChI=1S/C8H7ClN2/c1-6-2-3-11-7(9)5-10-8(11)4-6/h2-5H,1H3. The number of fused-ring (bicyclic) bond motifs is 1. The molecule has 2 aromatic heterocycles. The molecule has 0 aromatic carbocycles. The topological polar surface area (TPSA) is 17.3 Å². The first-order valence-corrected chi connectivity index (χ1v) is 3.74. The lowest BCUT2D eigenvalue weighted by Gasteiger charge is -1.94. The van der Waals surface area contributed by atoms with Crippen molar-refractivity contribution in [3.05, 3.63) is 35.2 Å². The maximum Gasteiger partial charge on any atom is 0.138 e. The zero-order chi connectivity index (χ0) is 7.84. The van der Waals surface area contributed by atoms with Gasteiger partial charge >= 0.3 is 0 Å². The first-order chi connectivity index (χ1) is 5.27. The summed E-state index contributed by atoms with van der Waals surface area (Å²) < 4.78 is 1.84. The molecular weight excluding hydrogens is 160 g/mol. The number of pyridine rings is 1. The Morgan fingerprint density at radius 2 is 2.36 bits per heavy atom. The average molecular weight is 167 g/mol. The first kappa shape index (κ1) is 6.68. The lowest BCUT2D eigenvalue weighted by Crippen LogP contribution is -1.83. The summed E-state index contributed by atoms with van der Waals surface area (Å²) in [6.07, 6.45) is 3.57. The molecule has 0 N–H and O–H groups in total. The van der Waals surface area contributed by atoms with Crippen molar-refractivity contribution in [3.8, 4) is 0 Å². The van der Waals surface area contributed by atoms with Gasteiger partial charge in [-0.15, -0.1) is 0 Å². The van der Waals surface area contributed by atoms with Gasteiger partial charge in [0, 0.05) is 6.20 Å². The molecule has 0 saturated carbocycles. The van der Waals surface area contributed by atoms with Gasteiger partial charge in [-0.1, -0.05) is 11.6 Å². The Morgan fingerprint density at radius 3 is 3.18 bits per heavy atom. The van der Waals surface area contributed by atoms with Gasteiger partial charge in [0.2, 0.25) is 0 Å². The van der Waals surface area contributed by atoms with Crippen LogP contribution in [0.5, 0.6) is 0 Å². The van der Waals surface area contributed by atoms with Crippen molar-refractivity contribution in [2.45, 2.75) is 6.92 Å². The molecule has 0 fully saturated rings. The third-order valence-corrected chi connectivity index (χ3v) is 1.90. The summed E-state index contributed by atoms with van der Waals surface area (Å²) in [7, 11) is 0. The molecule has 0 aliphatic heterocycles. The number of halogens is 1. The second-order valence-electron chi connectivity index (χ2n) is 2.51. The highest BCUT2D eigenvalue weighted by atomic mass is 35.5. The minimum Gasteiger partial charge on any atom is -0.291 e. The number of hydrogen-bond donors (Lipinski definition) is 0. The summed E-state index contributed by atoms with van der Waals surface area (Å²) in [5.41, 5.74) is 2.09. The van der Waals surface area contributed by atoms with Gasteiger partial charge in [-0.2, -0.15) is 0 Å². The van der Waals surface area contributed by atoms with Crippen LogP contribution in [0.15, 0.2) is 24.5 Å². The van der Waals surface area contributed by atoms with Gasteiger partial charge in [-0.3, -0.25) is 4.40 Å². The maximum absolute atomic E-state index is 5.83. The van der Waals surface area contributed by atoms with E-state index in [2.05, 4.69) is 4.98 Å². The van der Waals surface area contributed by atoms with Crippen LogP contribution in [0.4, 0.5) is 0 Å². The molecule has 0 aliphatic carbocycles. The van der Waals surface area contributed by atoms with Crippen LogP contribution in [0.1, 0.15) is 5.56 Å². The van der Waals surface area contributed by atoms with Crippen LogP contribution in [0.3, 0.4) is 0 Å². The lowest BCUT2D eigenvalue weighted by molar-refractivity contribution is 1.17. The highest BCUT2D eigenvalue weighted by molar-refractivity contribution is 6.29. The number of nitrogens with zero attached hydrogens (tertiary/aromatic N) is 2. The average Bonchev–Trinajstić information content (AvgIpc) is 2.32. The number of imidazole rings is 1. The molecule has 0 bridgehead atoms. The van der Waals surface area contributed by atoms with Crippen LogP contribution < -0.4 is 0 Å². The molecule has 0 aliphatic rings. The van der Waals surface area contributed by atoms with Crippen LogP contribution in [0.25, 0.3) is 5.65 Å². The summed E-state index contributed by atoms with van der Waals surface area (Å²) in [6.45, 7) is 2.03. The first-order valence-electron chi connectivity index (χ1n) is 3.36. The van der Waals surface area contributed by atoms with E-state index in [1.807, 2.05) is 29.7 Å². The molecule has 2 heterocycles. The van der Waals surface area contributed by atoms with E-state index in [1.54, 1.807) is 6.20 Å². The molecule has 0 saturated heterocycles. The molecule has 0 unspecified atom stereocenters. The summed E-state index contributed by atoms with van der Waals surface area (Å²) in [4.78, 5) is 4.11. The predicted octanol–water partition coefficient (Wildman–Crippen LogP) is 2.30. The van der Waals surface area contributed by atoms with Crippen molar-refractivity contribution in [2.75, 3.05) is 0 Å². The third kappa shape index (κ3) is 0.994. The quantitative estimate of drug-likeness (QED) is 0.587. The van der Waals surface area contributed by atoms with E-state index in [9.17, 15) is 0 Å². The monoisotopic (exact) mass is 166 g/mol. The fraction of sp³-hybridized carbons (Fsp3) is 0.125. The summed E-state index contributed by atoms with van der Waals surface area (Å²) in [6, 6.07) is 3.99. The van der Waals surface area contributed by atoms with Gasteiger partial charge in [0.1, 0.15) is 10.8 Å². The Morgan fingerprint density at radius 1 is 1.55 bits per heavy atom. The highest BCUT2D eigenvalue weighted by Crippen LogP contribution is 2.12. The van der Waals surface area contributed by atoms with Crippen LogP contribution >= 0.6 is 11.6 Å². The van der Waals surface area contributed by atoms with E-state index in [1.165, 1.54) is 5.56 Å². The molecule has 0 atom stereocenters. The van der Waals surface area contributed by atoms with Crippen LogP contribution in [0.2, 0.25) is 5.15 Å². The number of aromatic nitrogens is 2. The van der Waals surface area contributed by atoms with Gasteiger partial charge in [0.15, 0.2) is 0 Å². The van der Waals surface area contributed by atoms with Crippen LogP contribution in [-0.2, 0) is 0 Å². The molecule has 2 nitrogen and oxygen atoms in total. The largest absolute Gasteiger partial charge is 0.291 e. The van der Waals surface area contributed by atoms with Gasteiger partial charge in [0.05, 0.1) is 6.20 Å². The fourth-order valence-electron chi connectivity index (χ4n) is 1.05. The zero-order valence-electron chi connectivity index (χ0n) is 6.08. The Balaban J connectivity index is 2.86. The number of rotatable bonds is 0. The van der Waals surface area contributed by atoms with E-state index < -0.39 is 0 Å². The van der Waals surface area contributed by atoms with Gasteiger partial charge in [-0.05, 0) is 24.6 Å². The van der Waals surface area contributed by atoms with Gasteiger partial charge < -0.3 is 0 Å². The molecule has 56 valence electrons. The zero-order valence-corrected chi connectivity index (χ0v) is 6.84. The molecule has 0 radical (unpaired) electrons. The Kier molecular flexibility index (Phi) is 1.36. The second kappa shape index (κ2) is 2.24. The van der Waals surface area contributed by atoms with Gasteiger partial charge in [0.25, 0.3) is 0 Å². The molecule has 11 heavy (non-hydrogen) atoms. The molecule has 2 aromatic rings. The smallest absolute Gasteiger partial charge is 0.138 e. The summed E-state index contributed by atoms with van der Waals surface area (Å²) >= 11 is 5.83. The Hall–Kier alpha value is -1.02. The molecule has 2 rings (SSSR count). The van der Waals surface area contributed by atoms with Crippen molar-refractivity contribution in [1.29, 1.82) is 0 Å². The van der Waals surface area contributed by atoms with Gasteiger partial charge in [-0.25, -0.2) is 4.98 Å². The van der Waals surface area contributed by atoms with E-state index in [-0.39, 0.29) is 0 Å². The van der Waals surface area contributed by atoms with E-state index in [4.69, 9.17) is 11.6 Å². The third-order valence-electron chi connectivity index (χ3n) is 1.62. The molecule has 0 spiro atoms. The van der Waals surface area contributed by atoms with Crippen molar-refractivity contribution in [2.24, 2.45) is 0 Å². The predicted molar refractivity (Wildman–Crippen MR) is 44.9 cm³/mol. The second-order valence-corrected chi connectivity index (χ2v) is 2.90. The molecule has 0 amide bonds. The lowest BCUT2D eigenvalue weighted by atomic mass is 10.3. The maximum atomic E-state index is 5.83. The van der Waals surface area contributed by atoms with Crippen LogP contribution in [0, 0.1) is 6.92 Å². The molecule has 3 heteroatoms. The Bertz CT molecular complexity index is 392. The van der Waals surface area contributed by atoms with E-state index in [0.29, 0.717) is 5.15 Å². The minimum absolute atomic E-state index is 0.653. The SMILES string of the molecule is Cc1ccn2c(Cl)cnc2c1. The van der Waals surface area contributed by atoms with E-state index >= 15 is 0 Å². The Labute approximate surface area is 69.4 Å². The van der Waals surface area contributed by atoms with Crippen LogP contribution in [-0.4, -0.2) is 9.38 Å². The van der Waals surface area contributed by atoms with Crippen molar-refractivity contribution >= 4 is 17.2 Å².